The highest BCUT2D eigenvalue weighted by Gasteiger charge is 2.15. The van der Waals surface area contributed by atoms with E-state index < -0.39 is 0 Å². The zero-order valence-corrected chi connectivity index (χ0v) is 17.4. The molecule has 2 amide bonds. The van der Waals surface area contributed by atoms with E-state index in [1.165, 1.54) is 4.90 Å². The van der Waals surface area contributed by atoms with E-state index in [-0.39, 0.29) is 11.8 Å². The summed E-state index contributed by atoms with van der Waals surface area (Å²) in [5.41, 5.74) is 3.34. The molecule has 1 N–H and O–H groups in total. The first-order valence-electron chi connectivity index (χ1n) is 9.72. The number of aromatic nitrogens is 1. The minimum Gasteiger partial charge on any atom is -0.491 e. The van der Waals surface area contributed by atoms with Gasteiger partial charge in [0, 0.05) is 19.7 Å². The van der Waals surface area contributed by atoms with Gasteiger partial charge in [0.1, 0.15) is 18.1 Å². The first-order chi connectivity index (χ1) is 14.5. The highest BCUT2D eigenvalue weighted by molar-refractivity contribution is 5.97. The van der Waals surface area contributed by atoms with Crippen molar-refractivity contribution < 1.29 is 14.3 Å². The van der Waals surface area contributed by atoms with Gasteiger partial charge in [-0.1, -0.05) is 48.5 Å². The first kappa shape index (κ1) is 21.0. The van der Waals surface area contributed by atoms with Crippen LogP contribution in [0.1, 0.15) is 26.5 Å². The molecule has 1 heterocycles. The molecule has 0 bridgehead atoms. The summed E-state index contributed by atoms with van der Waals surface area (Å²) in [6.45, 7) is 2.40. The summed E-state index contributed by atoms with van der Waals surface area (Å²) in [4.78, 5) is 30.2. The second kappa shape index (κ2) is 9.69. The third-order valence-electron chi connectivity index (χ3n) is 4.57. The van der Waals surface area contributed by atoms with E-state index in [9.17, 15) is 9.59 Å². The minimum atomic E-state index is -0.246. The Bertz CT molecular complexity index is 1030. The van der Waals surface area contributed by atoms with Gasteiger partial charge in [-0.05, 0) is 30.7 Å². The Balaban J connectivity index is 1.58. The molecule has 1 aromatic heterocycles. The lowest BCUT2D eigenvalue weighted by Gasteiger charge is -2.13. The van der Waals surface area contributed by atoms with Crippen molar-refractivity contribution in [3.8, 4) is 16.9 Å². The molecule has 30 heavy (non-hydrogen) atoms. The maximum atomic E-state index is 12.5. The van der Waals surface area contributed by atoms with E-state index in [0.717, 1.165) is 16.9 Å². The number of aryl methyl sites for hydroxylation is 1. The van der Waals surface area contributed by atoms with Gasteiger partial charge in [-0.15, -0.1) is 0 Å². The molecule has 0 atom stereocenters. The van der Waals surface area contributed by atoms with Gasteiger partial charge < -0.3 is 15.0 Å². The minimum absolute atomic E-state index is 0.199. The van der Waals surface area contributed by atoms with Gasteiger partial charge in [0.15, 0.2) is 0 Å². The number of nitrogens with one attached hydrogen (secondary N) is 1. The number of pyridine rings is 1. The summed E-state index contributed by atoms with van der Waals surface area (Å²) in [6, 6.07) is 21.0. The van der Waals surface area contributed by atoms with Crippen molar-refractivity contribution in [1.82, 2.24) is 15.2 Å². The number of ether oxygens (including phenoxy) is 1. The molecule has 0 aliphatic heterocycles. The Labute approximate surface area is 176 Å². The molecule has 0 saturated carbocycles. The fourth-order valence-corrected chi connectivity index (χ4v) is 3.02. The Hall–Kier alpha value is -3.67. The summed E-state index contributed by atoms with van der Waals surface area (Å²) in [5.74, 6) is 0.321. The zero-order valence-electron chi connectivity index (χ0n) is 17.4. The quantitative estimate of drug-likeness (QED) is 0.612. The molecular weight excluding hydrogens is 378 g/mol. The van der Waals surface area contributed by atoms with Crippen LogP contribution >= 0.6 is 0 Å². The summed E-state index contributed by atoms with van der Waals surface area (Å²) >= 11 is 0. The fraction of sp³-hybridized carbons (Fsp3) is 0.208. The van der Waals surface area contributed by atoms with E-state index in [2.05, 4.69) is 10.3 Å². The van der Waals surface area contributed by atoms with Gasteiger partial charge in [0.25, 0.3) is 11.8 Å². The monoisotopic (exact) mass is 403 g/mol. The Kier molecular flexibility index (Phi) is 6.80. The van der Waals surface area contributed by atoms with Crippen LogP contribution in [0.15, 0.2) is 66.7 Å². The third kappa shape index (κ3) is 5.03. The van der Waals surface area contributed by atoms with E-state index in [1.54, 1.807) is 33.2 Å². The normalized spacial score (nSPS) is 10.4. The lowest BCUT2D eigenvalue weighted by molar-refractivity contribution is 0.0820. The van der Waals surface area contributed by atoms with Gasteiger partial charge in [0.2, 0.25) is 0 Å². The number of para-hydroxylation sites is 1. The summed E-state index contributed by atoms with van der Waals surface area (Å²) in [7, 11) is 3.33. The van der Waals surface area contributed by atoms with Gasteiger partial charge in [-0.2, -0.15) is 0 Å². The summed E-state index contributed by atoms with van der Waals surface area (Å²) < 4.78 is 5.90. The van der Waals surface area contributed by atoms with Crippen LogP contribution in [0.4, 0.5) is 0 Å². The number of amides is 2. The molecule has 3 rings (SSSR count). The van der Waals surface area contributed by atoms with E-state index in [1.807, 2.05) is 54.6 Å². The zero-order chi connectivity index (χ0) is 21.5. The van der Waals surface area contributed by atoms with Crippen LogP contribution in [-0.4, -0.2) is 48.9 Å². The van der Waals surface area contributed by atoms with Gasteiger partial charge in [-0.3, -0.25) is 9.59 Å². The van der Waals surface area contributed by atoms with Crippen LogP contribution in [0, 0.1) is 6.92 Å². The molecule has 6 nitrogen and oxygen atoms in total. The fourth-order valence-electron chi connectivity index (χ4n) is 3.02. The highest BCUT2D eigenvalue weighted by atomic mass is 16.5. The average Bonchev–Trinajstić information content (AvgIpc) is 2.76. The van der Waals surface area contributed by atoms with Crippen molar-refractivity contribution in [3.05, 3.63) is 83.7 Å². The molecule has 0 spiro atoms. The third-order valence-corrected chi connectivity index (χ3v) is 4.57. The largest absolute Gasteiger partial charge is 0.491 e. The molecule has 0 fully saturated rings. The smallest absolute Gasteiger partial charge is 0.271 e. The standard InChI is InChI=1S/C24H25N3O3/c1-17-19(13-14-21(26-17)24(29)27(2)3)23(28)25-15-16-30-22-12-8-7-11-20(22)18-9-5-4-6-10-18/h4-14H,15-16H2,1-3H3,(H,25,28). The number of rotatable bonds is 7. The molecule has 0 aliphatic rings. The molecule has 0 radical (unpaired) electrons. The van der Waals surface area contributed by atoms with Gasteiger partial charge in [0.05, 0.1) is 17.8 Å². The number of carbonyl (C=O) groups is 2. The summed E-state index contributed by atoms with van der Waals surface area (Å²) in [6.07, 6.45) is 0. The SMILES string of the molecule is Cc1nc(C(=O)N(C)C)ccc1C(=O)NCCOc1ccccc1-c1ccccc1. The van der Waals surface area contributed by atoms with E-state index in [0.29, 0.717) is 30.1 Å². The van der Waals surface area contributed by atoms with Crippen molar-refractivity contribution in [3.63, 3.8) is 0 Å². The van der Waals surface area contributed by atoms with Crippen LogP contribution in [0.2, 0.25) is 0 Å². The number of hydrogen-bond donors (Lipinski definition) is 1. The molecule has 6 heteroatoms. The Morgan fingerprint density at radius 2 is 1.67 bits per heavy atom. The first-order valence-corrected chi connectivity index (χ1v) is 9.72. The van der Waals surface area contributed by atoms with Gasteiger partial charge in [-0.25, -0.2) is 4.98 Å². The predicted octanol–water partition coefficient (Wildman–Crippen LogP) is 3.57. The van der Waals surface area contributed by atoms with Crippen molar-refractivity contribution >= 4 is 11.8 Å². The Morgan fingerprint density at radius 3 is 2.37 bits per heavy atom. The summed E-state index contributed by atoms with van der Waals surface area (Å²) in [5, 5.41) is 2.84. The van der Waals surface area contributed by atoms with Crippen LogP contribution in [0.5, 0.6) is 5.75 Å². The molecular formula is C24H25N3O3. The van der Waals surface area contributed by atoms with Crippen molar-refractivity contribution in [2.24, 2.45) is 0 Å². The predicted molar refractivity (Wildman–Crippen MR) is 117 cm³/mol. The number of benzene rings is 2. The second-order valence-electron chi connectivity index (χ2n) is 7.00. The second-order valence-corrected chi connectivity index (χ2v) is 7.00. The molecule has 154 valence electrons. The lowest BCUT2D eigenvalue weighted by Crippen LogP contribution is -2.29. The van der Waals surface area contributed by atoms with Crippen molar-refractivity contribution in [2.75, 3.05) is 27.2 Å². The van der Waals surface area contributed by atoms with E-state index >= 15 is 0 Å². The Morgan fingerprint density at radius 1 is 0.967 bits per heavy atom. The van der Waals surface area contributed by atoms with Crippen LogP contribution in [0.25, 0.3) is 11.1 Å². The number of nitrogens with zero attached hydrogens (tertiary/aromatic N) is 2. The molecule has 3 aromatic rings. The molecule has 2 aromatic carbocycles. The molecule has 0 aliphatic carbocycles. The molecule has 0 saturated heterocycles. The van der Waals surface area contributed by atoms with Gasteiger partial charge >= 0.3 is 0 Å². The maximum absolute atomic E-state index is 12.5. The molecule has 0 unspecified atom stereocenters. The number of hydrogen-bond acceptors (Lipinski definition) is 4. The maximum Gasteiger partial charge on any atom is 0.271 e. The highest BCUT2D eigenvalue weighted by Crippen LogP contribution is 2.29. The average molecular weight is 403 g/mol. The van der Waals surface area contributed by atoms with Crippen molar-refractivity contribution in [1.29, 1.82) is 0 Å². The van der Waals surface area contributed by atoms with Crippen LogP contribution < -0.4 is 10.1 Å². The number of carbonyl (C=O) groups excluding carboxylic acids is 2. The van der Waals surface area contributed by atoms with Crippen LogP contribution in [-0.2, 0) is 0 Å². The van der Waals surface area contributed by atoms with Crippen LogP contribution in [0.3, 0.4) is 0 Å². The lowest BCUT2D eigenvalue weighted by atomic mass is 10.1. The van der Waals surface area contributed by atoms with E-state index in [4.69, 9.17) is 4.74 Å². The van der Waals surface area contributed by atoms with Crippen molar-refractivity contribution in [2.45, 2.75) is 6.92 Å². The topological polar surface area (TPSA) is 71.5 Å².